The van der Waals surface area contributed by atoms with E-state index in [4.69, 9.17) is 0 Å². The summed E-state index contributed by atoms with van der Waals surface area (Å²) in [5, 5.41) is 19.2. The zero-order valence-electron chi connectivity index (χ0n) is 7.59. The van der Waals surface area contributed by atoms with Gasteiger partial charge < -0.3 is 10.2 Å². The number of Topliss-reactive ketones (excluding diaryl/α,β-unsaturated/α-hetero) is 1. The second-order valence-electron chi connectivity index (χ2n) is 3.65. The van der Waals surface area contributed by atoms with Crippen LogP contribution >= 0.6 is 0 Å². The molecule has 2 N–H and O–H groups in total. The van der Waals surface area contributed by atoms with Crippen LogP contribution in [0.3, 0.4) is 0 Å². The highest BCUT2D eigenvalue weighted by molar-refractivity contribution is 5.96. The Hall–Kier alpha value is -0.830. The molecule has 0 spiro atoms. The summed E-state index contributed by atoms with van der Waals surface area (Å²) in [4.78, 5) is 11.2. The zero-order valence-corrected chi connectivity index (χ0v) is 7.59. The molecule has 3 nitrogen and oxygen atoms in total. The van der Waals surface area contributed by atoms with Gasteiger partial charge in [0.05, 0.1) is 0 Å². The van der Waals surface area contributed by atoms with Crippen molar-refractivity contribution < 1.29 is 15.0 Å². The normalized spacial score (nSPS) is 37.3. The zero-order chi connectivity index (χ0) is 9.52. The van der Waals surface area contributed by atoms with Gasteiger partial charge in [-0.2, -0.15) is 0 Å². The molecule has 2 atom stereocenters. The molecule has 1 aliphatic rings. The van der Waals surface area contributed by atoms with Crippen molar-refractivity contribution in [1.82, 2.24) is 0 Å². The molecule has 0 heterocycles. The van der Waals surface area contributed by atoms with E-state index in [1.807, 2.05) is 0 Å². The van der Waals surface area contributed by atoms with Gasteiger partial charge in [-0.05, 0) is 19.8 Å². The highest BCUT2D eigenvalue weighted by Gasteiger charge is 2.40. The summed E-state index contributed by atoms with van der Waals surface area (Å²) in [6, 6.07) is 0. The largest absolute Gasteiger partial charge is 0.509 e. The molecule has 12 heavy (non-hydrogen) atoms. The Balaban J connectivity index is 3.15. The molecule has 0 radical (unpaired) electrons. The summed E-state index contributed by atoms with van der Waals surface area (Å²) in [5.41, 5.74) is -0.948. The smallest absolute Gasteiger partial charge is 0.162 e. The van der Waals surface area contributed by atoms with Gasteiger partial charge in [0, 0.05) is 12.0 Å². The maximum Gasteiger partial charge on any atom is 0.162 e. The van der Waals surface area contributed by atoms with Crippen molar-refractivity contribution in [3.05, 3.63) is 11.3 Å². The molecule has 68 valence electrons. The van der Waals surface area contributed by atoms with Gasteiger partial charge in [-0.25, -0.2) is 0 Å². The van der Waals surface area contributed by atoms with E-state index in [1.165, 1.54) is 13.8 Å². The van der Waals surface area contributed by atoms with Crippen molar-refractivity contribution in [2.24, 2.45) is 5.92 Å². The lowest BCUT2D eigenvalue weighted by molar-refractivity contribution is -0.121. The summed E-state index contributed by atoms with van der Waals surface area (Å²) in [5.74, 6) is -0.466. The summed E-state index contributed by atoms with van der Waals surface area (Å²) in [7, 11) is 0. The van der Waals surface area contributed by atoms with Crippen LogP contribution in [0.2, 0.25) is 0 Å². The molecule has 2 unspecified atom stereocenters. The third kappa shape index (κ3) is 1.14. The van der Waals surface area contributed by atoms with Crippen molar-refractivity contribution in [3.63, 3.8) is 0 Å². The van der Waals surface area contributed by atoms with E-state index >= 15 is 0 Å². The maximum atomic E-state index is 11.2. The molecule has 1 aliphatic carbocycles. The van der Waals surface area contributed by atoms with Crippen molar-refractivity contribution in [2.45, 2.75) is 32.8 Å². The second kappa shape index (κ2) is 2.59. The minimum atomic E-state index is -1.24. The second-order valence-corrected chi connectivity index (χ2v) is 3.65. The lowest BCUT2D eigenvalue weighted by atomic mass is 9.77. The molecule has 0 amide bonds. The third-order valence-corrected chi connectivity index (χ3v) is 2.70. The minimum absolute atomic E-state index is 0.0773. The van der Waals surface area contributed by atoms with E-state index in [1.54, 1.807) is 6.92 Å². The number of aliphatic hydroxyl groups is 2. The van der Waals surface area contributed by atoms with Gasteiger partial charge in [-0.1, -0.05) is 6.92 Å². The van der Waals surface area contributed by atoms with Gasteiger partial charge >= 0.3 is 0 Å². The first-order valence-corrected chi connectivity index (χ1v) is 4.03. The van der Waals surface area contributed by atoms with E-state index in [-0.39, 0.29) is 23.0 Å². The Labute approximate surface area is 71.7 Å². The predicted octanol–water partition coefficient (Wildman–Crippen LogP) is 1.18. The summed E-state index contributed by atoms with van der Waals surface area (Å²) < 4.78 is 0. The summed E-state index contributed by atoms with van der Waals surface area (Å²) in [6.07, 6.45) is 0.308. The van der Waals surface area contributed by atoms with Crippen LogP contribution in [0.25, 0.3) is 0 Å². The van der Waals surface area contributed by atoms with Crippen LogP contribution in [0.1, 0.15) is 27.2 Å². The molecule has 0 aliphatic heterocycles. The number of hydrogen-bond donors (Lipinski definition) is 2. The molecule has 0 aromatic rings. The fourth-order valence-corrected chi connectivity index (χ4v) is 1.37. The lowest BCUT2D eigenvalue weighted by Gasteiger charge is -2.34. The molecule has 0 saturated carbocycles. The van der Waals surface area contributed by atoms with Crippen molar-refractivity contribution >= 4 is 5.78 Å². The van der Waals surface area contributed by atoms with Crippen LogP contribution in [-0.2, 0) is 4.79 Å². The fourth-order valence-electron chi connectivity index (χ4n) is 1.37. The highest BCUT2D eigenvalue weighted by Crippen LogP contribution is 2.34. The van der Waals surface area contributed by atoms with E-state index < -0.39 is 5.60 Å². The predicted molar refractivity (Wildman–Crippen MR) is 44.7 cm³/mol. The molecule has 0 saturated heterocycles. The van der Waals surface area contributed by atoms with Gasteiger partial charge in [0.1, 0.15) is 11.4 Å². The number of ketones is 1. The highest BCUT2D eigenvalue weighted by atomic mass is 16.3. The summed E-state index contributed by atoms with van der Waals surface area (Å²) in [6.45, 7) is 4.82. The van der Waals surface area contributed by atoms with Gasteiger partial charge in [0.25, 0.3) is 0 Å². The van der Waals surface area contributed by atoms with Crippen molar-refractivity contribution in [3.8, 4) is 0 Å². The molecule has 3 heteroatoms. The van der Waals surface area contributed by atoms with Gasteiger partial charge in [0.15, 0.2) is 5.78 Å². The average molecular weight is 170 g/mol. The Bertz CT molecular complexity index is 250. The standard InChI is InChI=1S/C9H14O3/c1-5-4-7(10)6(2)8(11)9(5,3)12/h5,11-12H,4H2,1-3H3. The van der Waals surface area contributed by atoms with Crippen LogP contribution < -0.4 is 0 Å². The van der Waals surface area contributed by atoms with Gasteiger partial charge in [-0.3, -0.25) is 4.79 Å². The van der Waals surface area contributed by atoms with E-state index in [9.17, 15) is 15.0 Å². The van der Waals surface area contributed by atoms with E-state index in [0.29, 0.717) is 6.42 Å². The first-order chi connectivity index (χ1) is 5.37. The SMILES string of the molecule is CC1=C(O)C(C)(O)C(C)CC1=O. The molecule has 0 aromatic carbocycles. The molecule has 0 bridgehead atoms. The number of allylic oxidation sites excluding steroid dienone is 1. The number of rotatable bonds is 0. The molecule has 0 aromatic heterocycles. The Morgan fingerprint density at radius 3 is 2.58 bits per heavy atom. The Morgan fingerprint density at radius 2 is 2.08 bits per heavy atom. The maximum absolute atomic E-state index is 11.2. The summed E-state index contributed by atoms with van der Waals surface area (Å²) >= 11 is 0. The van der Waals surface area contributed by atoms with Gasteiger partial charge in [0.2, 0.25) is 0 Å². The van der Waals surface area contributed by atoms with Crippen LogP contribution in [0.15, 0.2) is 11.3 Å². The molecular weight excluding hydrogens is 156 g/mol. The van der Waals surface area contributed by atoms with Crippen LogP contribution in [0.5, 0.6) is 0 Å². The van der Waals surface area contributed by atoms with E-state index in [0.717, 1.165) is 0 Å². The van der Waals surface area contributed by atoms with Crippen molar-refractivity contribution in [2.75, 3.05) is 0 Å². The molecular formula is C9H14O3. The minimum Gasteiger partial charge on any atom is -0.509 e. The number of carbonyl (C=O) groups is 1. The lowest BCUT2D eigenvalue weighted by Crippen LogP contribution is -2.41. The topological polar surface area (TPSA) is 57.5 Å². The van der Waals surface area contributed by atoms with Gasteiger partial charge in [-0.15, -0.1) is 0 Å². The quantitative estimate of drug-likeness (QED) is 0.574. The Morgan fingerprint density at radius 1 is 1.58 bits per heavy atom. The fraction of sp³-hybridized carbons (Fsp3) is 0.667. The third-order valence-electron chi connectivity index (χ3n) is 2.70. The van der Waals surface area contributed by atoms with Crippen molar-refractivity contribution in [1.29, 1.82) is 0 Å². The first-order valence-electron chi connectivity index (χ1n) is 4.03. The molecule has 0 fully saturated rings. The Kier molecular flexibility index (Phi) is 2.00. The monoisotopic (exact) mass is 170 g/mol. The number of hydrogen-bond acceptors (Lipinski definition) is 3. The van der Waals surface area contributed by atoms with Crippen LogP contribution in [-0.4, -0.2) is 21.6 Å². The molecule has 1 rings (SSSR count). The first kappa shape index (κ1) is 9.26. The average Bonchev–Trinajstić information content (AvgIpc) is 1.99. The number of aliphatic hydroxyl groups excluding tert-OH is 1. The number of carbonyl (C=O) groups excluding carboxylic acids is 1. The van der Waals surface area contributed by atoms with E-state index in [2.05, 4.69) is 0 Å². The van der Waals surface area contributed by atoms with Crippen LogP contribution in [0, 0.1) is 5.92 Å². The van der Waals surface area contributed by atoms with Crippen LogP contribution in [0.4, 0.5) is 0 Å².